The summed E-state index contributed by atoms with van der Waals surface area (Å²) in [6.45, 7) is 0. The van der Waals surface area contributed by atoms with Crippen LogP contribution in [0, 0.1) is 0 Å². The van der Waals surface area contributed by atoms with Crippen molar-refractivity contribution in [3.8, 4) is 0 Å². The Hall–Kier alpha value is -1.23. The van der Waals surface area contributed by atoms with Gasteiger partial charge in [0, 0.05) is 4.47 Å². The third-order valence-electron chi connectivity index (χ3n) is 1.58. The van der Waals surface area contributed by atoms with Crippen LogP contribution in [-0.4, -0.2) is 13.1 Å². The molecule has 4 N–H and O–H groups in total. The van der Waals surface area contributed by atoms with Gasteiger partial charge in [-0.2, -0.15) is 0 Å². The molecule has 0 aliphatic heterocycles. The number of benzene rings is 1. The van der Waals surface area contributed by atoms with Crippen LogP contribution in [0.3, 0.4) is 0 Å². The number of hydrogen-bond donors (Lipinski definition) is 2. The quantitative estimate of drug-likeness (QED) is 0.579. The molecule has 0 saturated carbocycles. The van der Waals surface area contributed by atoms with Gasteiger partial charge in [-0.25, -0.2) is 4.79 Å². The highest BCUT2D eigenvalue weighted by Crippen LogP contribution is 2.25. The summed E-state index contributed by atoms with van der Waals surface area (Å²) in [6.07, 6.45) is 0. The zero-order valence-electron chi connectivity index (χ0n) is 7.00. The number of nitrogen functional groups attached to an aromatic ring is 2. The number of carbonyl (C=O) groups excluding carboxylic acids is 1. The topological polar surface area (TPSA) is 78.3 Å². The molecule has 0 saturated heterocycles. The normalized spacial score (nSPS) is 9.69. The first-order valence-electron chi connectivity index (χ1n) is 3.49. The average Bonchev–Trinajstić information content (AvgIpc) is 2.10. The predicted molar refractivity (Wildman–Crippen MR) is 54.3 cm³/mol. The summed E-state index contributed by atoms with van der Waals surface area (Å²) in [4.78, 5) is 11.1. The molecule has 0 aromatic heterocycles. The Labute approximate surface area is 84.0 Å². The van der Waals surface area contributed by atoms with Crippen LogP contribution in [0.1, 0.15) is 10.4 Å². The van der Waals surface area contributed by atoms with Crippen molar-refractivity contribution in [3.05, 3.63) is 22.2 Å². The Kier molecular flexibility index (Phi) is 2.77. The van der Waals surface area contributed by atoms with Gasteiger partial charge in [-0.05, 0) is 28.1 Å². The van der Waals surface area contributed by atoms with Crippen LogP contribution in [-0.2, 0) is 4.74 Å². The first-order valence-corrected chi connectivity index (χ1v) is 4.28. The van der Waals surface area contributed by atoms with E-state index in [2.05, 4.69) is 20.7 Å². The maximum atomic E-state index is 11.1. The molecular weight excluding hydrogens is 236 g/mol. The number of hydrogen-bond acceptors (Lipinski definition) is 4. The van der Waals surface area contributed by atoms with E-state index >= 15 is 0 Å². The summed E-state index contributed by atoms with van der Waals surface area (Å²) in [5.41, 5.74) is 12.2. The smallest absolute Gasteiger partial charge is 0.339 e. The van der Waals surface area contributed by atoms with Crippen LogP contribution in [0.25, 0.3) is 0 Å². The van der Waals surface area contributed by atoms with E-state index in [4.69, 9.17) is 11.5 Å². The summed E-state index contributed by atoms with van der Waals surface area (Å²) in [5, 5.41) is 0. The maximum absolute atomic E-state index is 11.1. The number of carbonyl (C=O) groups is 1. The summed E-state index contributed by atoms with van der Waals surface area (Å²) in [5.74, 6) is -0.446. The second-order valence-electron chi connectivity index (χ2n) is 2.45. The summed E-state index contributed by atoms with van der Waals surface area (Å²) in [6, 6.07) is 3.05. The minimum atomic E-state index is -0.446. The second-order valence-corrected chi connectivity index (χ2v) is 3.31. The van der Waals surface area contributed by atoms with E-state index in [1.54, 1.807) is 6.07 Å². The third kappa shape index (κ3) is 1.92. The number of halogens is 1. The molecule has 0 heterocycles. The van der Waals surface area contributed by atoms with E-state index in [0.717, 1.165) is 0 Å². The van der Waals surface area contributed by atoms with E-state index < -0.39 is 5.97 Å². The zero-order chi connectivity index (χ0) is 10.0. The lowest BCUT2D eigenvalue weighted by Crippen LogP contribution is -2.05. The van der Waals surface area contributed by atoms with Crippen LogP contribution in [0.4, 0.5) is 11.4 Å². The number of rotatable bonds is 1. The van der Waals surface area contributed by atoms with Crippen molar-refractivity contribution in [2.24, 2.45) is 0 Å². The van der Waals surface area contributed by atoms with Gasteiger partial charge in [-0.1, -0.05) is 0 Å². The monoisotopic (exact) mass is 244 g/mol. The van der Waals surface area contributed by atoms with Crippen LogP contribution in [0.5, 0.6) is 0 Å². The zero-order valence-corrected chi connectivity index (χ0v) is 8.59. The van der Waals surface area contributed by atoms with Gasteiger partial charge in [0.25, 0.3) is 0 Å². The van der Waals surface area contributed by atoms with Crippen LogP contribution in [0.15, 0.2) is 16.6 Å². The molecule has 0 aliphatic rings. The first-order chi connectivity index (χ1) is 6.06. The number of nitrogens with two attached hydrogens (primary N) is 2. The fraction of sp³-hybridized carbons (Fsp3) is 0.125. The summed E-state index contributed by atoms with van der Waals surface area (Å²) in [7, 11) is 1.31. The van der Waals surface area contributed by atoms with Crippen molar-refractivity contribution in [3.63, 3.8) is 0 Å². The minimum absolute atomic E-state index is 0.364. The highest BCUT2D eigenvalue weighted by Gasteiger charge is 2.11. The van der Waals surface area contributed by atoms with Gasteiger partial charge in [0.05, 0.1) is 24.0 Å². The lowest BCUT2D eigenvalue weighted by molar-refractivity contribution is 0.0600. The number of ether oxygens (including phenoxy) is 1. The molecule has 5 heteroatoms. The molecule has 0 spiro atoms. The largest absolute Gasteiger partial charge is 0.465 e. The molecule has 1 aromatic rings. The molecule has 13 heavy (non-hydrogen) atoms. The van der Waals surface area contributed by atoms with Crippen LogP contribution in [0.2, 0.25) is 0 Å². The molecule has 1 aromatic carbocycles. The van der Waals surface area contributed by atoms with Gasteiger partial charge in [-0.3, -0.25) is 0 Å². The van der Waals surface area contributed by atoms with Gasteiger partial charge in [0.2, 0.25) is 0 Å². The van der Waals surface area contributed by atoms with E-state index in [1.165, 1.54) is 13.2 Å². The van der Waals surface area contributed by atoms with Gasteiger partial charge in [-0.15, -0.1) is 0 Å². The molecule has 0 unspecified atom stereocenters. The molecular formula is C8H9BrN2O2. The fourth-order valence-corrected chi connectivity index (χ4v) is 1.39. The Bertz CT molecular complexity index is 352. The van der Waals surface area contributed by atoms with Crippen molar-refractivity contribution in [1.29, 1.82) is 0 Å². The van der Waals surface area contributed by atoms with Gasteiger partial charge in [0.15, 0.2) is 0 Å². The highest BCUT2D eigenvalue weighted by atomic mass is 79.9. The van der Waals surface area contributed by atoms with Crippen molar-refractivity contribution in [2.75, 3.05) is 18.6 Å². The van der Waals surface area contributed by atoms with Crippen molar-refractivity contribution in [1.82, 2.24) is 0 Å². The van der Waals surface area contributed by atoms with Crippen molar-refractivity contribution >= 4 is 33.3 Å². The van der Waals surface area contributed by atoms with Gasteiger partial charge in [0.1, 0.15) is 0 Å². The van der Waals surface area contributed by atoms with E-state index in [-0.39, 0.29) is 0 Å². The van der Waals surface area contributed by atoms with E-state index in [9.17, 15) is 4.79 Å². The first kappa shape index (κ1) is 9.85. The Balaban J connectivity index is 3.23. The van der Waals surface area contributed by atoms with E-state index in [1.807, 2.05) is 0 Å². The second kappa shape index (κ2) is 3.66. The van der Waals surface area contributed by atoms with Crippen molar-refractivity contribution in [2.45, 2.75) is 0 Å². The minimum Gasteiger partial charge on any atom is -0.465 e. The standard InChI is InChI=1S/C8H9BrN2O2/c1-13-8(12)4-2-6(10)7(11)3-5(4)9/h2-3H,10-11H2,1H3. The number of anilines is 2. The van der Waals surface area contributed by atoms with Crippen LogP contribution < -0.4 is 11.5 Å². The molecule has 0 amide bonds. The third-order valence-corrected chi connectivity index (χ3v) is 2.23. The Morgan fingerprint density at radius 1 is 1.38 bits per heavy atom. The van der Waals surface area contributed by atoms with Gasteiger partial charge < -0.3 is 16.2 Å². The predicted octanol–water partition coefficient (Wildman–Crippen LogP) is 1.40. The average molecular weight is 245 g/mol. The molecule has 0 atom stereocenters. The fourth-order valence-electron chi connectivity index (χ4n) is 0.872. The molecule has 0 aliphatic carbocycles. The van der Waals surface area contributed by atoms with E-state index in [0.29, 0.717) is 21.4 Å². The van der Waals surface area contributed by atoms with Crippen molar-refractivity contribution < 1.29 is 9.53 Å². The Morgan fingerprint density at radius 2 is 1.92 bits per heavy atom. The lowest BCUT2D eigenvalue weighted by Gasteiger charge is -2.05. The lowest BCUT2D eigenvalue weighted by atomic mass is 10.2. The number of esters is 1. The molecule has 1 rings (SSSR count). The molecule has 0 radical (unpaired) electrons. The highest BCUT2D eigenvalue weighted by molar-refractivity contribution is 9.10. The molecule has 0 bridgehead atoms. The summed E-state index contributed by atoms with van der Waals surface area (Å²) >= 11 is 3.19. The summed E-state index contributed by atoms with van der Waals surface area (Å²) < 4.78 is 5.12. The SMILES string of the molecule is COC(=O)c1cc(N)c(N)cc1Br. The Morgan fingerprint density at radius 3 is 2.46 bits per heavy atom. The molecule has 0 fully saturated rings. The molecule has 70 valence electrons. The van der Waals surface area contributed by atoms with Crippen LogP contribution >= 0.6 is 15.9 Å². The van der Waals surface area contributed by atoms with Gasteiger partial charge >= 0.3 is 5.97 Å². The molecule has 4 nitrogen and oxygen atoms in total. The number of methoxy groups -OCH3 is 1. The maximum Gasteiger partial charge on any atom is 0.339 e.